The zero-order chi connectivity index (χ0) is 15.1. The van der Waals surface area contributed by atoms with Crippen molar-refractivity contribution in [2.45, 2.75) is 31.8 Å². The van der Waals surface area contributed by atoms with Crippen LogP contribution in [0.4, 0.5) is 0 Å². The molecule has 2 N–H and O–H groups in total. The second-order valence-electron chi connectivity index (χ2n) is 5.38. The van der Waals surface area contributed by atoms with Crippen molar-refractivity contribution in [1.82, 2.24) is 14.9 Å². The molecule has 0 radical (unpaired) electrons. The lowest BCUT2D eigenvalue weighted by molar-refractivity contribution is 0.212. The van der Waals surface area contributed by atoms with Crippen LogP contribution in [0.1, 0.15) is 30.5 Å². The van der Waals surface area contributed by atoms with E-state index in [1.54, 1.807) is 0 Å². The van der Waals surface area contributed by atoms with E-state index in [4.69, 9.17) is 5.73 Å². The summed E-state index contributed by atoms with van der Waals surface area (Å²) in [6.45, 7) is 3.10. The third-order valence-corrected chi connectivity index (χ3v) is 3.90. The molecule has 2 aromatic heterocycles. The van der Waals surface area contributed by atoms with Crippen molar-refractivity contribution in [3.63, 3.8) is 0 Å². The van der Waals surface area contributed by atoms with E-state index in [1.807, 2.05) is 24.8 Å². The number of hydrogen-bond donors (Lipinski definition) is 1. The van der Waals surface area contributed by atoms with Gasteiger partial charge in [0.05, 0.1) is 0 Å². The van der Waals surface area contributed by atoms with Gasteiger partial charge in [0.2, 0.25) is 0 Å². The van der Waals surface area contributed by atoms with Gasteiger partial charge in [-0.1, -0.05) is 6.92 Å². The van der Waals surface area contributed by atoms with E-state index in [1.165, 1.54) is 11.1 Å². The van der Waals surface area contributed by atoms with Gasteiger partial charge < -0.3 is 5.73 Å². The van der Waals surface area contributed by atoms with Gasteiger partial charge in [0.15, 0.2) is 0 Å². The number of nitrogens with two attached hydrogens (primary N) is 1. The van der Waals surface area contributed by atoms with Crippen molar-refractivity contribution in [3.05, 3.63) is 60.2 Å². The van der Waals surface area contributed by atoms with Crippen molar-refractivity contribution in [3.8, 4) is 0 Å². The number of aromatic nitrogens is 2. The van der Waals surface area contributed by atoms with Crippen LogP contribution < -0.4 is 5.73 Å². The molecular formula is C17H24N4. The molecule has 4 heteroatoms. The van der Waals surface area contributed by atoms with E-state index in [-0.39, 0.29) is 12.1 Å². The summed E-state index contributed by atoms with van der Waals surface area (Å²) >= 11 is 0. The lowest BCUT2D eigenvalue weighted by Gasteiger charge is -2.32. The summed E-state index contributed by atoms with van der Waals surface area (Å²) in [7, 11) is 2.14. The van der Waals surface area contributed by atoms with Crippen molar-refractivity contribution in [2.75, 3.05) is 13.6 Å². The second-order valence-corrected chi connectivity index (χ2v) is 5.38. The van der Waals surface area contributed by atoms with E-state index >= 15 is 0 Å². The maximum Gasteiger partial charge on any atom is 0.0497 e. The topological polar surface area (TPSA) is 55.0 Å². The molecule has 0 saturated carbocycles. The molecule has 4 nitrogen and oxygen atoms in total. The maximum absolute atomic E-state index is 6.35. The largest absolute Gasteiger partial charge is 0.326 e. The van der Waals surface area contributed by atoms with Gasteiger partial charge in [0.25, 0.3) is 0 Å². The molecule has 112 valence electrons. The minimum Gasteiger partial charge on any atom is -0.326 e. The Morgan fingerprint density at radius 2 is 1.62 bits per heavy atom. The van der Waals surface area contributed by atoms with Crippen molar-refractivity contribution in [1.29, 1.82) is 0 Å². The highest BCUT2D eigenvalue weighted by Crippen LogP contribution is 2.23. The number of rotatable bonds is 7. The van der Waals surface area contributed by atoms with Crippen molar-refractivity contribution < 1.29 is 0 Å². The summed E-state index contributed by atoms with van der Waals surface area (Å²) in [6.07, 6.45) is 9.30. The quantitative estimate of drug-likeness (QED) is 0.848. The number of hydrogen-bond acceptors (Lipinski definition) is 4. The third kappa shape index (κ3) is 4.34. The van der Waals surface area contributed by atoms with Crippen LogP contribution in [0.5, 0.6) is 0 Å². The van der Waals surface area contributed by atoms with Crippen LogP contribution in [0, 0.1) is 0 Å². The fourth-order valence-corrected chi connectivity index (χ4v) is 2.61. The van der Waals surface area contributed by atoms with Crippen LogP contribution in [0.3, 0.4) is 0 Å². The SMILES string of the molecule is CCC(N)C(c1ccncc1)N(C)CCc1ccncc1. The molecule has 0 aliphatic heterocycles. The average Bonchev–Trinajstić information content (AvgIpc) is 2.55. The van der Waals surface area contributed by atoms with E-state index in [9.17, 15) is 0 Å². The van der Waals surface area contributed by atoms with Gasteiger partial charge in [-0.25, -0.2) is 0 Å². The monoisotopic (exact) mass is 284 g/mol. The van der Waals surface area contributed by atoms with Gasteiger partial charge in [-0.2, -0.15) is 0 Å². The third-order valence-electron chi connectivity index (χ3n) is 3.90. The molecule has 0 aliphatic carbocycles. The molecule has 2 rings (SSSR count). The van der Waals surface area contributed by atoms with Gasteiger partial charge in [-0.05, 0) is 55.3 Å². The van der Waals surface area contributed by atoms with Crippen LogP contribution in [-0.4, -0.2) is 34.5 Å². The molecule has 2 heterocycles. The Bertz CT molecular complexity index is 515. The Balaban J connectivity index is 2.06. The van der Waals surface area contributed by atoms with Gasteiger partial charge in [-0.3, -0.25) is 14.9 Å². The zero-order valence-electron chi connectivity index (χ0n) is 12.8. The minimum atomic E-state index is 0.120. The highest BCUT2D eigenvalue weighted by Gasteiger charge is 2.22. The molecular weight excluding hydrogens is 260 g/mol. The average molecular weight is 284 g/mol. The molecule has 0 saturated heterocycles. The lowest BCUT2D eigenvalue weighted by Crippen LogP contribution is -2.39. The van der Waals surface area contributed by atoms with E-state index in [2.05, 4.69) is 53.1 Å². The van der Waals surface area contributed by atoms with Gasteiger partial charge >= 0.3 is 0 Å². The summed E-state index contributed by atoms with van der Waals surface area (Å²) in [4.78, 5) is 10.5. The zero-order valence-corrected chi connectivity index (χ0v) is 12.8. The first kappa shape index (κ1) is 15.6. The highest BCUT2D eigenvalue weighted by atomic mass is 15.1. The van der Waals surface area contributed by atoms with E-state index in [0.29, 0.717) is 0 Å². The van der Waals surface area contributed by atoms with Crippen LogP contribution in [0.15, 0.2) is 49.1 Å². The van der Waals surface area contributed by atoms with Gasteiger partial charge in [0.1, 0.15) is 0 Å². The summed E-state index contributed by atoms with van der Waals surface area (Å²) in [6, 6.07) is 8.59. The van der Waals surface area contributed by atoms with Gasteiger partial charge in [-0.15, -0.1) is 0 Å². The molecule has 0 fully saturated rings. The maximum atomic E-state index is 6.35. The first-order chi connectivity index (χ1) is 10.2. The molecule has 0 aliphatic rings. The van der Waals surface area contributed by atoms with Crippen LogP contribution in [0.25, 0.3) is 0 Å². The molecule has 0 amide bonds. The Morgan fingerprint density at radius 3 is 2.19 bits per heavy atom. The predicted octanol–water partition coefficient (Wildman–Crippen LogP) is 2.43. The van der Waals surface area contributed by atoms with Crippen molar-refractivity contribution in [2.24, 2.45) is 5.73 Å². The first-order valence-corrected chi connectivity index (χ1v) is 7.47. The standard InChI is InChI=1S/C17H24N4/c1-3-16(18)17(15-6-11-20-12-7-15)21(2)13-8-14-4-9-19-10-5-14/h4-7,9-12,16-17H,3,8,13,18H2,1-2H3. The molecule has 0 bridgehead atoms. The normalized spacial score (nSPS) is 14.1. The minimum absolute atomic E-state index is 0.120. The summed E-state index contributed by atoms with van der Waals surface area (Å²) in [5.41, 5.74) is 8.88. The van der Waals surface area contributed by atoms with Crippen LogP contribution >= 0.6 is 0 Å². The van der Waals surface area contributed by atoms with Gasteiger partial charge in [0, 0.05) is 43.4 Å². The molecule has 2 aromatic rings. The van der Waals surface area contributed by atoms with Crippen LogP contribution in [-0.2, 0) is 6.42 Å². The van der Waals surface area contributed by atoms with E-state index < -0.39 is 0 Å². The molecule has 2 unspecified atom stereocenters. The Hall–Kier alpha value is -1.78. The van der Waals surface area contributed by atoms with Crippen LogP contribution in [0.2, 0.25) is 0 Å². The summed E-state index contributed by atoms with van der Waals surface area (Å²) in [5.74, 6) is 0. The summed E-state index contributed by atoms with van der Waals surface area (Å²) < 4.78 is 0. The molecule has 0 spiro atoms. The Labute approximate surface area is 127 Å². The predicted molar refractivity (Wildman–Crippen MR) is 85.8 cm³/mol. The molecule has 0 aromatic carbocycles. The number of likely N-dealkylation sites (N-methyl/N-ethyl adjacent to an activating group) is 1. The Kier molecular flexibility index (Phi) is 5.84. The molecule has 2 atom stereocenters. The molecule has 21 heavy (non-hydrogen) atoms. The highest BCUT2D eigenvalue weighted by molar-refractivity contribution is 5.18. The first-order valence-electron chi connectivity index (χ1n) is 7.47. The number of pyridine rings is 2. The second kappa shape index (κ2) is 7.86. The fraction of sp³-hybridized carbons (Fsp3) is 0.412. The lowest BCUT2D eigenvalue weighted by atomic mass is 9.97. The van der Waals surface area contributed by atoms with Crippen molar-refractivity contribution >= 4 is 0 Å². The van der Waals surface area contributed by atoms with E-state index in [0.717, 1.165) is 19.4 Å². The Morgan fingerprint density at radius 1 is 1.05 bits per heavy atom. The summed E-state index contributed by atoms with van der Waals surface area (Å²) in [5, 5.41) is 0. The smallest absolute Gasteiger partial charge is 0.0497 e. The number of nitrogens with zero attached hydrogens (tertiary/aromatic N) is 3. The fourth-order valence-electron chi connectivity index (χ4n) is 2.61.